The number of amides is 1. The molecule has 2 aliphatic rings. The van der Waals surface area contributed by atoms with Gasteiger partial charge >= 0.3 is 0 Å². The Bertz CT molecular complexity index is 828. The van der Waals surface area contributed by atoms with E-state index in [4.69, 9.17) is 0 Å². The van der Waals surface area contributed by atoms with Gasteiger partial charge in [0.25, 0.3) is 5.56 Å². The molecular weight excluding hydrogens is 316 g/mol. The lowest BCUT2D eigenvalue weighted by molar-refractivity contribution is -0.121. The molecule has 1 aliphatic carbocycles. The molecular formula is C19H24N4O2. The highest BCUT2D eigenvalue weighted by atomic mass is 16.1. The second kappa shape index (κ2) is 6.96. The minimum atomic E-state index is -0.115. The maximum Gasteiger partial charge on any atom is 0.258 e. The maximum absolute atomic E-state index is 12.1. The first kappa shape index (κ1) is 16.3. The van der Waals surface area contributed by atoms with Crippen molar-refractivity contribution in [3.05, 3.63) is 40.4 Å². The number of aryl methyl sites for hydroxylation is 1. The number of aromatic amines is 1. The van der Waals surface area contributed by atoms with E-state index in [1.165, 1.54) is 12.8 Å². The number of carbonyl (C=O) groups excluding carboxylic acids is 1. The fourth-order valence-corrected chi connectivity index (χ4v) is 3.65. The fourth-order valence-electron chi connectivity index (χ4n) is 3.65. The van der Waals surface area contributed by atoms with Gasteiger partial charge in [0, 0.05) is 38.0 Å². The standard InChI is InChI=1S/C19H24N4O2/c24-18(20-13-10-11-23(12-13)14-8-9-14)7-3-6-17-21-16-5-2-1-4-15(16)19(25)22-17/h1-2,4-5,13-14H,3,6-12H2,(H,20,24)(H,21,22,25)/t13-/m1/s1. The molecule has 1 atom stereocenters. The molecule has 0 radical (unpaired) electrons. The van der Waals surface area contributed by atoms with E-state index in [2.05, 4.69) is 20.2 Å². The Morgan fingerprint density at radius 2 is 2.12 bits per heavy atom. The average molecular weight is 340 g/mol. The number of rotatable bonds is 6. The quantitative estimate of drug-likeness (QED) is 0.837. The number of para-hydroxylation sites is 1. The molecule has 1 amide bonds. The van der Waals surface area contributed by atoms with Gasteiger partial charge in [0.1, 0.15) is 5.82 Å². The Balaban J connectivity index is 1.26. The first-order chi connectivity index (χ1) is 12.2. The minimum Gasteiger partial charge on any atom is -0.352 e. The van der Waals surface area contributed by atoms with Gasteiger partial charge in [0.2, 0.25) is 5.91 Å². The zero-order valence-corrected chi connectivity index (χ0v) is 14.3. The second-order valence-corrected chi connectivity index (χ2v) is 7.16. The van der Waals surface area contributed by atoms with Crippen LogP contribution in [0.25, 0.3) is 10.9 Å². The highest BCUT2D eigenvalue weighted by Crippen LogP contribution is 2.29. The third kappa shape index (κ3) is 3.90. The highest BCUT2D eigenvalue weighted by molar-refractivity contribution is 5.77. The van der Waals surface area contributed by atoms with Gasteiger partial charge in [-0.3, -0.25) is 14.5 Å². The molecule has 2 heterocycles. The number of H-pyrrole nitrogens is 1. The van der Waals surface area contributed by atoms with Crippen molar-refractivity contribution in [1.82, 2.24) is 20.2 Å². The molecule has 0 bridgehead atoms. The number of carbonyl (C=O) groups is 1. The molecule has 2 N–H and O–H groups in total. The van der Waals surface area contributed by atoms with Crippen LogP contribution in [0.4, 0.5) is 0 Å². The molecule has 1 aliphatic heterocycles. The van der Waals surface area contributed by atoms with Gasteiger partial charge in [-0.05, 0) is 37.8 Å². The summed E-state index contributed by atoms with van der Waals surface area (Å²) in [5.74, 6) is 0.753. The zero-order valence-electron chi connectivity index (χ0n) is 14.3. The number of nitrogens with zero attached hydrogens (tertiary/aromatic N) is 2. The summed E-state index contributed by atoms with van der Waals surface area (Å²) in [5, 5.41) is 3.75. The normalized spacial score (nSPS) is 20.9. The van der Waals surface area contributed by atoms with Crippen molar-refractivity contribution < 1.29 is 4.79 Å². The summed E-state index contributed by atoms with van der Waals surface area (Å²) in [4.78, 5) is 34.0. The van der Waals surface area contributed by atoms with Gasteiger partial charge in [0.05, 0.1) is 10.9 Å². The predicted molar refractivity (Wildman–Crippen MR) is 96.4 cm³/mol. The van der Waals surface area contributed by atoms with Gasteiger partial charge < -0.3 is 10.3 Å². The Hall–Kier alpha value is -2.21. The summed E-state index contributed by atoms with van der Waals surface area (Å²) in [5.41, 5.74) is 0.591. The van der Waals surface area contributed by atoms with E-state index in [1.807, 2.05) is 18.2 Å². The summed E-state index contributed by atoms with van der Waals surface area (Å²) in [6, 6.07) is 8.39. The zero-order chi connectivity index (χ0) is 17.2. The van der Waals surface area contributed by atoms with Crippen LogP contribution in [0.5, 0.6) is 0 Å². The average Bonchev–Trinajstić information content (AvgIpc) is 3.35. The summed E-state index contributed by atoms with van der Waals surface area (Å²) in [6.07, 6.45) is 5.45. The molecule has 1 saturated carbocycles. The number of benzene rings is 1. The molecule has 1 aromatic carbocycles. The largest absolute Gasteiger partial charge is 0.352 e. The Kier molecular flexibility index (Phi) is 4.53. The smallest absolute Gasteiger partial charge is 0.258 e. The highest BCUT2D eigenvalue weighted by Gasteiger charge is 2.34. The van der Waals surface area contributed by atoms with Crippen molar-refractivity contribution in [3.63, 3.8) is 0 Å². The lowest BCUT2D eigenvalue weighted by Crippen LogP contribution is -2.37. The Morgan fingerprint density at radius 1 is 1.28 bits per heavy atom. The summed E-state index contributed by atoms with van der Waals surface area (Å²) in [7, 11) is 0. The van der Waals surface area contributed by atoms with E-state index in [0.29, 0.717) is 42.0 Å². The van der Waals surface area contributed by atoms with E-state index >= 15 is 0 Å². The topological polar surface area (TPSA) is 78.1 Å². The van der Waals surface area contributed by atoms with Crippen LogP contribution in [0, 0.1) is 0 Å². The van der Waals surface area contributed by atoms with Crippen LogP contribution in [0.2, 0.25) is 0 Å². The van der Waals surface area contributed by atoms with Gasteiger partial charge in [-0.1, -0.05) is 12.1 Å². The molecule has 2 aromatic rings. The molecule has 25 heavy (non-hydrogen) atoms. The van der Waals surface area contributed by atoms with E-state index in [1.54, 1.807) is 6.07 Å². The molecule has 6 heteroatoms. The van der Waals surface area contributed by atoms with Gasteiger partial charge in [-0.15, -0.1) is 0 Å². The fraction of sp³-hybridized carbons (Fsp3) is 0.526. The van der Waals surface area contributed by atoms with E-state index < -0.39 is 0 Å². The van der Waals surface area contributed by atoms with Crippen LogP contribution in [-0.4, -0.2) is 45.9 Å². The van der Waals surface area contributed by atoms with Crippen LogP contribution < -0.4 is 10.9 Å². The first-order valence-corrected chi connectivity index (χ1v) is 9.20. The monoisotopic (exact) mass is 340 g/mol. The predicted octanol–water partition coefficient (Wildman–Crippen LogP) is 1.60. The molecule has 6 nitrogen and oxygen atoms in total. The van der Waals surface area contributed by atoms with E-state index in [9.17, 15) is 9.59 Å². The van der Waals surface area contributed by atoms with Crippen LogP contribution >= 0.6 is 0 Å². The Morgan fingerprint density at radius 3 is 2.96 bits per heavy atom. The third-order valence-electron chi connectivity index (χ3n) is 5.13. The Labute approximate surface area is 146 Å². The summed E-state index contributed by atoms with van der Waals surface area (Å²) < 4.78 is 0. The van der Waals surface area contributed by atoms with Crippen LogP contribution in [0.15, 0.2) is 29.1 Å². The molecule has 4 rings (SSSR count). The lowest BCUT2D eigenvalue weighted by Gasteiger charge is -2.15. The molecule has 1 aromatic heterocycles. The number of nitrogens with one attached hydrogen (secondary N) is 2. The van der Waals surface area contributed by atoms with Crippen molar-refractivity contribution in [1.29, 1.82) is 0 Å². The number of hydrogen-bond acceptors (Lipinski definition) is 4. The van der Waals surface area contributed by atoms with Crippen molar-refractivity contribution in [2.75, 3.05) is 13.1 Å². The van der Waals surface area contributed by atoms with E-state index in [-0.39, 0.29) is 11.5 Å². The second-order valence-electron chi connectivity index (χ2n) is 7.16. The van der Waals surface area contributed by atoms with Crippen molar-refractivity contribution >= 4 is 16.8 Å². The van der Waals surface area contributed by atoms with Gasteiger partial charge in [-0.2, -0.15) is 0 Å². The summed E-state index contributed by atoms with van der Waals surface area (Å²) >= 11 is 0. The SMILES string of the molecule is O=C(CCCc1nc2ccccc2c(=O)[nH]1)N[C@@H]1CCN(C2CC2)C1. The number of aromatic nitrogens is 2. The summed E-state index contributed by atoms with van der Waals surface area (Å²) in [6.45, 7) is 2.10. The van der Waals surface area contributed by atoms with Crippen molar-refractivity contribution in [2.45, 2.75) is 50.6 Å². The number of hydrogen-bond donors (Lipinski definition) is 2. The minimum absolute atomic E-state index is 0.103. The molecule has 0 unspecified atom stereocenters. The lowest BCUT2D eigenvalue weighted by atomic mass is 10.2. The number of likely N-dealkylation sites (tertiary alicyclic amines) is 1. The third-order valence-corrected chi connectivity index (χ3v) is 5.13. The molecule has 0 spiro atoms. The van der Waals surface area contributed by atoms with Gasteiger partial charge in [0.15, 0.2) is 0 Å². The first-order valence-electron chi connectivity index (χ1n) is 9.20. The van der Waals surface area contributed by atoms with Crippen LogP contribution in [-0.2, 0) is 11.2 Å². The van der Waals surface area contributed by atoms with Crippen LogP contribution in [0.3, 0.4) is 0 Å². The van der Waals surface area contributed by atoms with Crippen molar-refractivity contribution in [3.8, 4) is 0 Å². The molecule has 2 fully saturated rings. The maximum atomic E-state index is 12.1. The van der Waals surface area contributed by atoms with Crippen molar-refractivity contribution in [2.24, 2.45) is 0 Å². The van der Waals surface area contributed by atoms with Gasteiger partial charge in [-0.25, -0.2) is 4.98 Å². The van der Waals surface area contributed by atoms with Crippen LogP contribution in [0.1, 0.15) is 37.9 Å². The van der Waals surface area contributed by atoms with E-state index in [0.717, 1.165) is 25.6 Å². The molecule has 1 saturated heterocycles. The molecule has 132 valence electrons. The number of fused-ring (bicyclic) bond motifs is 1.